The van der Waals surface area contributed by atoms with Crippen molar-refractivity contribution >= 4 is 11.0 Å². The number of hydrogen-bond donors (Lipinski definition) is 1. The van der Waals surface area contributed by atoms with Crippen LogP contribution in [0.25, 0.3) is 11.0 Å². The lowest BCUT2D eigenvalue weighted by molar-refractivity contribution is 0.194. The van der Waals surface area contributed by atoms with E-state index in [-0.39, 0.29) is 12.2 Å². The molecule has 74 valence electrons. The quantitative estimate of drug-likeness (QED) is 0.796. The summed E-state index contributed by atoms with van der Waals surface area (Å²) in [5.74, 6) is -0.326. The van der Waals surface area contributed by atoms with Gasteiger partial charge in [-0.1, -0.05) is 0 Å². The third-order valence-electron chi connectivity index (χ3n) is 2.17. The highest BCUT2D eigenvalue weighted by atomic mass is 19.1. The SMILES string of the molecule is CC(O)Cc1c(F)ccc2ccoc12. The highest BCUT2D eigenvalue weighted by molar-refractivity contribution is 5.80. The topological polar surface area (TPSA) is 33.4 Å². The second kappa shape index (κ2) is 3.42. The number of furan rings is 1. The molecule has 0 spiro atoms. The van der Waals surface area contributed by atoms with Crippen molar-refractivity contribution in [3.05, 3.63) is 35.8 Å². The first-order valence-corrected chi connectivity index (χ1v) is 4.51. The molecule has 2 aromatic rings. The Morgan fingerprint density at radius 3 is 2.93 bits per heavy atom. The van der Waals surface area contributed by atoms with Gasteiger partial charge in [0, 0.05) is 17.4 Å². The molecule has 0 radical (unpaired) electrons. The molecule has 0 aliphatic heterocycles. The van der Waals surface area contributed by atoms with Gasteiger partial charge in [0.1, 0.15) is 11.4 Å². The Hall–Kier alpha value is -1.35. The Morgan fingerprint density at radius 2 is 2.21 bits per heavy atom. The smallest absolute Gasteiger partial charge is 0.140 e. The van der Waals surface area contributed by atoms with Gasteiger partial charge in [0.15, 0.2) is 0 Å². The number of fused-ring (bicyclic) bond motifs is 1. The number of halogens is 1. The van der Waals surface area contributed by atoms with Crippen molar-refractivity contribution in [2.45, 2.75) is 19.4 Å². The zero-order valence-corrected chi connectivity index (χ0v) is 7.83. The van der Waals surface area contributed by atoms with Gasteiger partial charge in [0.25, 0.3) is 0 Å². The molecule has 1 N–H and O–H groups in total. The fourth-order valence-electron chi connectivity index (χ4n) is 1.55. The van der Waals surface area contributed by atoms with Crippen LogP contribution in [0.1, 0.15) is 12.5 Å². The third kappa shape index (κ3) is 1.51. The first kappa shape index (κ1) is 9.21. The van der Waals surface area contributed by atoms with Crippen molar-refractivity contribution in [3.8, 4) is 0 Å². The fourth-order valence-corrected chi connectivity index (χ4v) is 1.55. The lowest BCUT2D eigenvalue weighted by Crippen LogP contribution is -2.06. The molecule has 1 aromatic carbocycles. The van der Waals surface area contributed by atoms with Crippen LogP contribution in [-0.2, 0) is 6.42 Å². The molecule has 1 aromatic heterocycles. The maximum atomic E-state index is 13.4. The minimum absolute atomic E-state index is 0.274. The van der Waals surface area contributed by atoms with Crippen LogP contribution in [-0.4, -0.2) is 11.2 Å². The van der Waals surface area contributed by atoms with Crippen LogP contribution in [0.2, 0.25) is 0 Å². The second-order valence-corrected chi connectivity index (χ2v) is 3.42. The van der Waals surface area contributed by atoms with E-state index >= 15 is 0 Å². The molecule has 14 heavy (non-hydrogen) atoms. The van der Waals surface area contributed by atoms with Gasteiger partial charge in [-0.2, -0.15) is 0 Å². The Labute approximate surface area is 81.0 Å². The summed E-state index contributed by atoms with van der Waals surface area (Å²) in [5.41, 5.74) is 0.980. The molecular weight excluding hydrogens is 183 g/mol. The lowest BCUT2D eigenvalue weighted by Gasteiger charge is -2.05. The Bertz CT molecular complexity index is 445. The van der Waals surface area contributed by atoms with E-state index in [1.165, 1.54) is 12.3 Å². The van der Waals surface area contributed by atoms with Gasteiger partial charge in [-0.05, 0) is 25.1 Å². The average molecular weight is 194 g/mol. The molecule has 0 aliphatic rings. The van der Waals surface area contributed by atoms with Crippen molar-refractivity contribution in [2.75, 3.05) is 0 Å². The summed E-state index contributed by atoms with van der Waals surface area (Å²) < 4.78 is 18.6. The van der Waals surface area contributed by atoms with Gasteiger partial charge >= 0.3 is 0 Å². The predicted molar refractivity (Wildman–Crippen MR) is 51.6 cm³/mol. The van der Waals surface area contributed by atoms with Crippen LogP contribution >= 0.6 is 0 Å². The maximum Gasteiger partial charge on any atom is 0.140 e. The molecule has 0 fully saturated rings. The van der Waals surface area contributed by atoms with E-state index in [2.05, 4.69) is 0 Å². The zero-order valence-electron chi connectivity index (χ0n) is 7.83. The van der Waals surface area contributed by atoms with E-state index in [9.17, 15) is 9.50 Å². The molecule has 1 heterocycles. The van der Waals surface area contributed by atoms with Crippen LogP contribution in [0.4, 0.5) is 4.39 Å². The molecule has 0 saturated heterocycles. The number of hydrogen-bond acceptors (Lipinski definition) is 2. The standard InChI is InChI=1S/C11H11FO2/c1-7(13)6-9-10(12)3-2-8-4-5-14-11(8)9/h2-5,7,13H,6H2,1H3. The fraction of sp³-hybridized carbons (Fsp3) is 0.273. The van der Waals surface area contributed by atoms with E-state index in [1.54, 1.807) is 19.1 Å². The number of aliphatic hydroxyl groups is 1. The maximum absolute atomic E-state index is 13.4. The Balaban J connectivity index is 2.58. The van der Waals surface area contributed by atoms with Crippen molar-refractivity contribution in [2.24, 2.45) is 0 Å². The summed E-state index contributed by atoms with van der Waals surface area (Å²) in [7, 11) is 0. The predicted octanol–water partition coefficient (Wildman–Crippen LogP) is 2.50. The molecule has 0 amide bonds. The van der Waals surface area contributed by atoms with E-state index in [0.717, 1.165) is 5.39 Å². The van der Waals surface area contributed by atoms with Gasteiger partial charge in [-0.25, -0.2) is 4.39 Å². The van der Waals surface area contributed by atoms with Crippen molar-refractivity contribution in [3.63, 3.8) is 0 Å². The summed E-state index contributed by atoms with van der Waals surface area (Å²) in [6.45, 7) is 1.63. The van der Waals surface area contributed by atoms with E-state index < -0.39 is 6.10 Å². The monoisotopic (exact) mass is 194 g/mol. The molecule has 2 nitrogen and oxygen atoms in total. The zero-order chi connectivity index (χ0) is 10.1. The molecule has 0 saturated carbocycles. The lowest BCUT2D eigenvalue weighted by atomic mass is 10.1. The summed E-state index contributed by atoms with van der Waals surface area (Å²) in [5, 5.41) is 10.1. The van der Waals surface area contributed by atoms with Crippen molar-refractivity contribution < 1.29 is 13.9 Å². The third-order valence-corrected chi connectivity index (χ3v) is 2.17. The Kier molecular flexibility index (Phi) is 2.25. The van der Waals surface area contributed by atoms with Gasteiger partial charge in [-0.15, -0.1) is 0 Å². The highest BCUT2D eigenvalue weighted by Crippen LogP contribution is 2.23. The molecule has 0 bridgehead atoms. The molecular formula is C11H11FO2. The molecule has 2 rings (SSSR count). The second-order valence-electron chi connectivity index (χ2n) is 3.42. The van der Waals surface area contributed by atoms with Gasteiger partial charge in [-0.3, -0.25) is 0 Å². The van der Waals surface area contributed by atoms with Gasteiger partial charge in [0.2, 0.25) is 0 Å². The van der Waals surface area contributed by atoms with Crippen molar-refractivity contribution in [1.82, 2.24) is 0 Å². The van der Waals surface area contributed by atoms with E-state index in [4.69, 9.17) is 4.42 Å². The first-order valence-electron chi connectivity index (χ1n) is 4.51. The molecule has 0 aliphatic carbocycles. The minimum Gasteiger partial charge on any atom is -0.464 e. The van der Waals surface area contributed by atoms with Crippen LogP contribution in [0.15, 0.2) is 28.9 Å². The van der Waals surface area contributed by atoms with Crippen LogP contribution in [0.3, 0.4) is 0 Å². The van der Waals surface area contributed by atoms with Gasteiger partial charge < -0.3 is 9.52 Å². The summed E-state index contributed by atoms with van der Waals surface area (Å²) in [6.07, 6.45) is 1.23. The largest absolute Gasteiger partial charge is 0.464 e. The number of aliphatic hydroxyl groups excluding tert-OH is 1. The summed E-state index contributed by atoms with van der Waals surface area (Å²) >= 11 is 0. The number of rotatable bonds is 2. The first-order chi connectivity index (χ1) is 6.68. The van der Waals surface area contributed by atoms with Crippen LogP contribution in [0, 0.1) is 5.82 Å². The molecule has 3 heteroatoms. The number of benzene rings is 1. The van der Waals surface area contributed by atoms with Gasteiger partial charge in [0.05, 0.1) is 12.4 Å². The van der Waals surface area contributed by atoms with Crippen LogP contribution < -0.4 is 0 Å². The van der Waals surface area contributed by atoms with E-state index in [0.29, 0.717) is 11.1 Å². The molecule has 1 unspecified atom stereocenters. The highest BCUT2D eigenvalue weighted by Gasteiger charge is 2.12. The minimum atomic E-state index is -0.569. The molecule has 1 atom stereocenters. The summed E-state index contributed by atoms with van der Waals surface area (Å²) in [6, 6.07) is 4.84. The normalized spacial score (nSPS) is 13.4. The summed E-state index contributed by atoms with van der Waals surface area (Å²) in [4.78, 5) is 0. The Morgan fingerprint density at radius 1 is 1.43 bits per heavy atom. The van der Waals surface area contributed by atoms with Crippen molar-refractivity contribution in [1.29, 1.82) is 0 Å². The average Bonchev–Trinajstić information content (AvgIpc) is 2.57. The van der Waals surface area contributed by atoms with E-state index in [1.807, 2.05) is 0 Å². The van der Waals surface area contributed by atoms with Crippen LogP contribution in [0.5, 0.6) is 0 Å².